The van der Waals surface area contributed by atoms with Gasteiger partial charge in [0, 0.05) is 12.8 Å². The van der Waals surface area contributed by atoms with E-state index in [2.05, 4.69) is 13.8 Å². The van der Waals surface area contributed by atoms with E-state index in [0.29, 0.717) is 12.8 Å². The molecule has 0 saturated carbocycles. The lowest BCUT2D eigenvalue weighted by Gasteiger charge is -2.34. The third-order valence-electron chi connectivity index (χ3n) is 8.49. The molecule has 4 heteroatoms. The molecule has 0 heterocycles. The molecule has 0 bridgehead atoms. The Labute approximate surface area is 235 Å². The predicted molar refractivity (Wildman–Crippen MR) is 162 cm³/mol. The van der Waals surface area contributed by atoms with Crippen molar-refractivity contribution in [2.75, 3.05) is 0 Å². The number of ketones is 2. The number of allylic oxidation sites excluding steroid dienone is 4. The molecular formula is C34H62O4. The molecule has 222 valence electrons. The van der Waals surface area contributed by atoms with Crippen LogP contribution in [0.5, 0.6) is 0 Å². The summed E-state index contributed by atoms with van der Waals surface area (Å²) >= 11 is 0. The number of hydrogen-bond acceptors (Lipinski definition) is 4. The molecule has 4 unspecified atom stereocenters. The van der Waals surface area contributed by atoms with E-state index in [1.807, 2.05) is 53.7 Å². The SMILES string of the molecule is CC.CCCCCC(C)(O)C1CC=C(C)C(=O)C1.CCCCCCCCCC(C)(O)C1CC=C(C)C(=O)C1. The summed E-state index contributed by atoms with van der Waals surface area (Å²) in [5, 5.41) is 21.0. The van der Waals surface area contributed by atoms with Crippen molar-refractivity contribution in [1.29, 1.82) is 0 Å². The quantitative estimate of drug-likeness (QED) is 0.218. The van der Waals surface area contributed by atoms with E-state index in [1.165, 1.54) is 44.9 Å². The highest BCUT2D eigenvalue weighted by molar-refractivity contribution is 5.96. The molecule has 2 aliphatic rings. The number of unbranched alkanes of at least 4 members (excludes halogenated alkanes) is 8. The van der Waals surface area contributed by atoms with E-state index in [4.69, 9.17) is 0 Å². The Morgan fingerprint density at radius 3 is 1.34 bits per heavy atom. The highest BCUT2D eigenvalue weighted by atomic mass is 16.3. The molecule has 0 amide bonds. The molecule has 2 rings (SSSR count). The van der Waals surface area contributed by atoms with Gasteiger partial charge in [-0.2, -0.15) is 0 Å². The lowest BCUT2D eigenvalue weighted by molar-refractivity contribution is -0.120. The van der Waals surface area contributed by atoms with Crippen molar-refractivity contribution in [1.82, 2.24) is 0 Å². The summed E-state index contributed by atoms with van der Waals surface area (Å²) in [5.74, 6) is 0.632. The molecule has 2 N–H and O–H groups in total. The Morgan fingerprint density at radius 2 is 0.974 bits per heavy atom. The summed E-state index contributed by atoms with van der Waals surface area (Å²) in [6.07, 6.45) is 20.6. The maximum atomic E-state index is 11.7. The smallest absolute Gasteiger partial charge is 0.158 e. The zero-order valence-electron chi connectivity index (χ0n) is 26.3. The van der Waals surface area contributed by atoms with Gasteiger partial charge in [0.05, 0.1) is 11.2 Å². The third kappa shape index (κ3) is 14.2. The van der Waals surface area contributed by atoms with Gasteiger partial charge in [0.25, 0.3) is 0 Å². The van der Waals surface area contributed by atoms with Gasteiger partial charge in [-0.15, -0.1) is 0 Å². The number of carbonyl (C=O) groups excluding carboxylic acids is 2. The minimum atomic E-state index is -0.684. The molecule has 2 aliphatic carbocycles. The van der Waals surface area contributed by atoms with Crippen LogP contribution in [0.4, 0.5) is 0 Å². The predicted octanol–water partition coefficient (Wildman–Crippen LogP) is 9.07. The summed E-state index contributed by atoms with van der Waals surface area (Å²) in [4.78, 5) is 23.4. The van der Waals surface area contributed by atoms with E-state index in [1.54, 1.807) is 0 Å². The Bertz CT molecular complexity index is 729. The van der Waals surface area contributed by atoms with Crippen LogP contribution < -0.4 is 0 Å². The summed E-state index contributed by atoms with van der Waals surface area (Å²) in [7, 11) is 0. The van der Waals surface area contributed by atoms with Crippen molar-refractivity contribution < 1.29 is 19.8 Å². The van der Waals surface area contributed by atoms with Crippen molar-refractivity contribution in [3.05, 3.63) is 23.3 Å². The van der Waals surface area contributed by atoms with Gasteiger partial charge < -0.3 is 10.2 Å². The summed E-state index contributed by atoms with van der Waals surface area (Å²) < 4.78 is 0. The molecule has 0 spiro atoms. The first-order chi connectivity index (χ1) is 17.9. The molecule has 0 aromatic heterocycles. The highest BCUT2D eigenvalue weighted by Gasteiger charge is 2.35. The monoisotopic (exact) mass is 534 g/mol. The summed E-state index contributed by atoms with van der Waals surface area (Å²) in [6.45, 7) is 15.9. The minimum absolute atomic E-state index is 0.110. The minimum Gasteiger partial charge on any atom is -0.390 e. The molecule has 0 aromatic rings. The fourth-order valence-corrected chi connectivity index (χ4v) is 5.33. The fraction of sp³-hybridized carbons (Fsp3) is 0.824. The van der Waals surface area contributed by atoms with E-state index >= 15 is 0 Å². The molecule has 0 aromatic carbocycles. The molecule has 4 atom stereocenters. The van der Waals surface area contributed by atoms with E-state index < -0.39 is 11.2 Å². The number of Topliss-reactive ketones (excluding diaryl/α,β-unsaturated/α-hetero) is 2. The molecular weight excluding hydrogens is 472 g/mol. The zero-order chi connectivity index (χ0) is 29.2. The second-order valence-electron chi connectivity index (χ2n) is 11.9. The first-order valence-corrected chi connectivity index (χ1v) is 15.8. The highest BCUT2D eigenvalue weighted by Crippen LogP contribution is 2.34. The average molecular weight is 535 g/mol. The first-order valence-electron chi connectivity index (χ1n) is 15.8. The maximum absolute atomic E-state index is 11.7. The van der Waals surface area contributed by atoms with Gasteiger partial charge in [-0.25, -0.2) is 0 Å². The van der Waals surface area contributed by atoms with Gasteiger partial charge in [0.15, 0.2) is 11.6 Å². The van der Waals surface area contributed by atoms with Crippen LogP contribution in [0.1, 0.15) is 158 Å². The van der Waals surface area contributed by atoms with Crippen molar-refractivity contribution in [2.45, 2.75) is 169 Å². The Kier molecular flexibility index (Phi) is 19.1. The van der Waals surface area contributed by atoms with Crippen molar-refractivity contribution in [2.24, 2.45) is 11.8 Å². The van der Waals surface area contributed by atoms with Crippen LogP contribution in [0.3, 0.4) is 0 Å². The number of carbonyl (C=O) groups is 2. The number of hydrogen-bond donors (Lipinski definition) is 2. The van der Waals surface area contributed by atoms with Crippen LogP contribution in [0, 0.1) is 11.8 Å². The zero-order valence-corrected chi connectivity index (χ0v) is 26.3. The average Bonchev–Trinajstić information content (AvgIpc) is 2.88. The topological polar surface area (TPSA) is 74.6 Å². The Hall–Kier alpha value is -1.26. The Morgan fingerprint density at radius 1 is 0.658 bits per heavy atom. The van der Waals surface area contributed by atoms with Gasteiger partial charge >= 0.3 is 0 Å². The van der Waals surface area contributed by atoms with E-state index in [9.17, 15) is 19.8 Å². The normalized spacial score (nSPS) is 22.6. The lowest BCUT2D eigenvalue weighted by Crippen LogP contribution is -2.37. The fourth-order valence-electron chi connectivity index (χ4n) is 5.33. The third-order valence-corrected chi connectivity index (χ3v) is 8.49. The second-order valence-corrected chi connectivity index (χ2v) is 11.9. The lowest BCUT2D eigenvalue weighted by atomic mass is 9.76. The molecule has 0 saturated heterocycles. The molecule has 4 nitrogen and oxygen atoms in total. The van der Waals surface area contributed by atoms with Gasteiger partial charge in [-0.05, 0) is 76.4 Å². The van der Waals surface area contributed by atoms with Crippen LogP contribution in [-0.2, 0) is 9.59 Å². The Balaban J connectivity index is 0.000000690. The van der Waals surface area contributed by atoms with Gasteiger partial charge in [0.2, 0.25) is 0 Å². The van der Waals surface area contributed by atoms with Crippen molar-refractivity contribution >= 4 is 11.6 Å². The first kappa shape index (κ1) is 36.7. The van der Waals surface area contributed by atoms with Crippen LogP contribution in [0.15, 0.2) is 23.3 Å². The maximum Gasteiger partial charge on any atom is 0.158 e. The standard InChI is InChI=1S/C18H32O2.C14H24O2.C2H6/c1-4-5-6-7-8-9-10-13-18(3,20)16-12-11-15(2)17(19)14-16;1-4-5-6-9-14(3,16)12-8-7-11(2)13(15)10-12;1-2/h11,16,20H,4-10,12-14H2,1-3H3;7,12,16H,4-6,8-10H2,1-3H3;1-2H3. The van der Waals surface area contributed by atoms with Gasteiger partial charge in [0.1, 0.15) is 0 Å². The van der Waals surface area contributed by atoms with Gasteiger partial charge in [-0.1, -0.05) is 104 Å². The molecule has 0 fully saturated rings. The number of aliphatic hydroxyl groups is 2. The van der Waals surface area contributed by atoms with Gasteiger partial charge in [-0.3, -0.25) is 9.59 Å². The molecule has 0 aliphatic heterocycles. The molecule has 38 heavy (non-hydrogen) atoms. The van der Waals surface area contributed by atoms with E-state index in [0.717, 1.165) is 56.1 Å². The van der Waals surface area contributed by atoms with Crippen molar-refractivity contribution in [3.8, 4) is 0 Å². The van der Waals surface area contributed by atoms with Crippen LogP contribution >= 0.6 is 0 Å². The van der Waals surface area contributed by atoms with Crippen LogP contribution in [-0.4, -0.2) is 33.0 Å². The van der Waals surface area contributed by atoms with Crippen molar-refractivity contribution in [3.63, 3.8) is 0 Å². The molecule has 0 radical (unpaired) electrons. The van der Waals surface area contributed by atoms with Crippen LogP contribution in [0.25, 0.3) is 0 Å². The van der Waals surface area contributed by atoms with Crippen LogP contribution in [0.2, 0.25) is 0 Å². The van der Waals surface area contributed by atoms with E-state index in [-0.39, 0.29) is 23.4 Å². The summed E-state index contributed by atoms with van der Waals surface area (Å²) in [5.41, 5.74) is 0.367. The number of rotatable bonds is 14. The largest absolute Gasteiger partial charge is 0.390 e. The summed E-state index contributed by atoms with van der Waals surface area (Å²) in [6, 6.07) is 0. The second kappa shape index (κ2) is 19.7.